The standard InChI is InChI=1S/C10H11NO/c1-9-10(5-2-3-8-12)6-4-7-11-9/h4,6-7,12H,3,8H2,1H3. The van der Waals surface area contributed by atoms with E-state index in [9.17, 15) is 0 Å². The van der Waals surface area contributed by atoms with E-state index in [0.717, 1.165) is 11.3 Å². The third-order valence-corrected chi connectivity index (χ3v) is 1.47. The van der Waals surface area contributed by atoms with Crippen molar-refractivity contribution in [1.29, 1.82) is 0 Å². The van der Waals surface area contributed by atoms with Crippen LogP contribution in [0.15, 0.2) is 18.3 Å². The zero-order chi connectivity index (χ0) is 8.81. The highest BCUT2D eigenvalue weighted by Crippen LogP contribution is 2.00. The molecule has 1 heterocycles. The number of rotatable bonds is 1. The van der Waals surface area contributed by atoms with Crippen molar-refractivity contribution in [2.75, 3.05) is 6.61 Å². The molecule has 0 unspecified atom stereocenters. The normalized spacial score (nSPS) is 8.83. The summed E-state index contributed by atoms with van der Waals surface area (Å²) in [6, 6.07) is 3.78. The predicted molar refractivity (Wildman–Crippen MR) is 47.6 cm³/mol. The Labute approximate surface area is 72.3 Å². The number of hydrogen-bond acceptors (Lipinski definition) is 2. The van der Waals surface area contributed by atoms with Crippen LogP contribution in [0.1, 0.15) is 17.7 Å². The summed E-state index contributed by atoms with van der Waals surface area (Å²) in [5.41, 5.74) is 1.87. The highest BCUT2D eigenvalue weighted by atomic mass is 16.2. The summed E-state index contributed by atoms with van der Waals surface area (Å²) < 4.78 is 0. The van der Waals surface area contributed by atoms with Gasteiger partial charge in [0, 0.05) is 18.2 Å². The molecular formula is C10H11NO. The van der Waals surface area contributed by atoms with Gasteiger partial charge in [0.05, 0.1) is 12.3 Å². The topological polar surface area (TPSA) is 33.1 Å². The molecule has 1 rings (SSSR count). The molecule has 0 aromatic carbocycles. The van der Waals surface area contributed by atoms with Crippen LogP contribution in [0.2, 0.25) is 0 Å². The summed E-state index contributed by atoms with van der Waals surface area (Å²) >= 11 is 0. The van der Waals surface area contributed by atoms with Gasteiger partial charge in [-0.2, -0.15) is 0 Å². The zero-order valence-corrected chi connectivity index (χ0v) is 7.04. The molecule has 0 saturated carbocycles. The Hall–Kier alpha value is -1.33. The van der Waals surface area contributed by atoms with Gasteiger partial charge in [-0.25, -0.2) is 0 Å². The van der Waals surface area contributed by atoms with Crippen molar-refractivity contribution in [2.24, 2.45) is 0 Å². The van der Waals surface area contributed by atoms with E-state index in [-0.39, 0.29) is 6.61 Å². The van der Waals surface area contributed by atoms with Crippen LogP contribution < -0.4 is 0 Å². The average molecular weight is 161 g/mol. The Morgan fingerprint density at radius 2 is 2.42 bits per heavy atom. The number of nitrogens with zero attached hydrogens (tertiary/aromatic N) is 1. The molecule has 1 aromatic rings. The third-order valence-electron chi connectivity index (χ3n) is 1.47. The van der Waals surface area contributed by atoms with Crippen LogP contribution in [-0.4, -0.2) is 16.7 Å². The largest absolute Gasteiger partial charge is 0.395 e. The second-order valence-corrected chi connectivity index (χ2v) is 2.41. The SMILES string of the molecule is Cc1ncccc1C#CCCO. The van der Waals surface area contributed by atoms with E-state index in [2.05, 4.69) is 16.8 Å². The van der Waals surface area contributed by atoms with Gasteiger partial charge in [0.2, 0.25) is 0 Å². The molecule has 0 fully saturated rings. The first kappa shape index (κ1) is 8.76. The molecular weight excluding hydrogens is 150 g/mol. The van der Waals surface area contributed by atoms with Crippen molar-refractivity contribution < 1.29 is 5.11 Å². The summed E-state index contributed by atoms with van der Waals surface area (Å²) in [5.74, 6) is 5.79. The molecule has 0 amide bonds. The molecule has 0 aliphatic carbocycles. The van der Waals surface area contributed by atoms with Crippen LogP contribution in [0, 0.1) is 18.8 Å². The van der Waals surface area contributed by atoms with Crippen LogP contribution >= 0.6 is 0 Å². The highest BCUT2D eigenvalue weighted by Gasteiger charge is 1.90. The summed E-state index contributed by atoms with van der Waals surface area (Å²) in [6.45, 7) is 2.04. The summed E-state index contributed by atoms with van der Waals surface area (Å²) in [7, 11) is 0. The lowest BCUT2D eigenvalue weighted by Crippen LogP contribution is -1.85. The first-order chi connectivity index (χ1) is 5.84. The molecule has 2 nitrogen and oxygen atoms in total. The van der Waals surface area contributed by atoms with Crippen LogP contribution in [0.3, 0.4) is 0 Å². The van der Waals surface area contributed by atoms with Crippen molar-refractivity contribution in [3.63, 3.8) is 0 Å². The second-order valence-electron chi connectivity index (χ2n) is 2.41. The summed E-state index contributed by atoms with van der Waals surface area (Å²) in [5, 5.41) is 8.50. The number of aryl methyl sites for hydroxylation is 1. The fourth-order valence-corrected chi connectivity index (χ4v) is 0.830. The number of aliphatic hydroxyl groups excluding tert-OH is 1. The Kier molecular flexibility index (Phi) is 3.31. The number of aliphatic hydroxyl groups is 1. The maximum absolute atomic E-state index is 8.50. The lowest BCUT2D eigenvalue weighted by atomic mass is 10.2. The van der Waals surface area contributed by atoms with Crippen molar-refractivity contribution >= 4 is 0 Å². The molecule has 0 radical (unpaired) electrons. The molecule has 1 N–H and O–H groups in total. The number of pyridine rings is 1. The van der Waals surface area contributed by atoms with E-state index in [4.69, 9.17) is 5.11 Å². The van der Waals surface area contributed by atoms with E-state index in [1.165, 1.54) is 0 Å². The molecule has 0 aliphatic heterocycles. The molecule has 2 heteroatoms. The van der Waals surface area contributed by atoms with Gasteiger partial charge in [0.15, 0.2) is 0 Å². The van der Waals surface area contributed by atoms with Crippen LogP contribution in [-0.2, 0) is 0 Å². The minimum atomic E-state index is 0.117. The van der Waals surface area contributed by atoms with Gasteiger partial charge < -0.3 is 5.11 Å². The van der Waals surface area contributed by atoms with Gasteiger partial charge in [-0.15, -0.1) is 0 Å². The molecule has 12 heavy (non-hydrogen) atoms. The Morgan fingerprint density at radius 3 is 3.08 bits per heavy atom. The van der Waals surface area contributed by atoms with Gasteiger partial charge in [-0.1, -0.05) is 11.8 Å². The zero-order valence-electron chi connectivity index (χ0n) is 7.04. The minimum Gasteiger partial charge on any atom is -0.395 e. The smallest absolute Gasteiger partial charge is 0.0540 e. The molecule has 0 bridgehead atoms. The molecule has 0 spiro atoms. The van der Waals surface area contributed by atoms with Crippen molar-refractivity contribution in [2.45, 2.75) is 13.3 Å². The van der Waals surface area contributed by atoms with Crippen LogP contribution in [0.25, 0.3) is 0 Å². The maximum atomic E-state index is 8.50. The summed E-state index contributed by atoms with van der Waals surface area (Å²) in [4.78, 5) is 4.09. The fraction of sp³-hybridized carbons (Fsp3) is 0.300. The van der Waals surface area contributed by atoms with E-state index in [1.54, 1.807) is 6.20 Å². The van der Waals surface area contributed by atoms with E-state index in [0.29, 0.717) is 6.42 Å². The monoisotopic (exact) mass is 161 g/mol. The van der Waals surface area contributed by atoms with Crippen molar-refractivity contribution in [3.8, 4) is 11.8 Å². The Bertz CT molecular complexity index is 309. The van der Waals surface area contributed by atoms with E-state index < -0.39 is 0 Å². The predicted octanol–water partition coefficient (Wildman–Crippen LogP) is 1.12. The molecule has 1 aromatic heterocycles. The van der Waals surface area contributed by atoms with Crippen LogP contribution in [0.4, 0.5) is 0 Å². The first-order valence-corrected chi connectivity index (χ1v) is 3.86. The Balaban J connectivity index is 2.77. The minimum absolute atomic E-state index is 0.117. The first-order valence-electron chi connectivity index (χ1n) is 3.86. The third kappa shape index (κ3) is 2.37. The molecule has 62 valence electrons. The summed E-state index contributed by atoms with van der Waals surface area (Å²) in [6.07, 6.45) is 2.26. The molecule has 0 aliphatic rings. The van der Waals surface area contributed by atoms with Gasteiger partial charge in [-0.3, -0.25) is 4.98 Å². The highest BCUT2D eigenvalue weighted by molar-refractivity contribution is 5.36. The van der Waals surface area contributed by atoms with Crippen molar-refractivity contribution in [1.82, 2.24) is 4.98 Å². The van der Waals surface area contributed by atoms with Gasteiger partial charge in [0.25, 0.3) is 0 Å². The number of aromatic nitrogens is 1. The Morgan fingerprint density at radius 1 is 1.58 bits per heavy atom. The quantitative estimate of drug-likeness (QED) is 0.626. The fourth-order valence-electron chi connectivity index (χ4n) is 0.830. The van der Waals surface area contributed by atoms with Gasteiger partial charge in [0.1, 0.15) is 0 Å². The van der Waals surface area contributed by atoms with Gasteiger partial charge in [-0.05, 0) is 19.1 Å². The van der Waals surface area contributed by atoms with Crippen molar-refractivity contribution in [3.05, 3.63) is 29.6 Å². The lowest BCUT2D eigenvalue weighted by molar-refractivity contribution is 0.305. The second kappa shape index (κ2) is 4.53. The average Bonchev–Trinajstić information content (AvgIpc) is 2.09. The van der Waals surface area contributed by atoms with Gasteiger partial charge >= 0.3 is 0 Å². The number of hydrogen-bond donors (Lipinski definition) is 1. The van der Waals surface area contributed by atoms with E-state index in [1.807, 2.05) is 19.1 Å². The molecule has 0 atom stereocenters. The van der Waals surface area contributed by atoms with E-state index >= 15 is 0 Å². The lowest BCUT2D eigenvalue weighted by Gasteiger charge is -1.93. The molecule has 0 saturated heterocycles. The maximum Gasteiger partial charge on any atom is 0.0540 e. The van der Waals surface area contributed by atoms with Crippen LogP contribution in [0.5, 0.6) is 0 Å².